The molecule has 1 fully saturated rings. The van der Waals surface area contributed by atoms with Crippen LogP contribution in [0.4, 0.5) is 0 Å². The van der Waals surface area contributed by atoms with Gasteiger partial charge >= 0.3 is 0 Å². The van der Waals surface area contributed by atoms with Crippen molar-refractivity contribution in [2.24, 2.45) is 0 Å². The van der Waals surface area contributed by atoms with Gasteiger partial charge in [0.1, 0.15) is 5.25 Å². The number of benzene rings is 2. The molecule has 1 aliphatic rings. The lowest BCUT2D eigenvalue weighted by Crippen LogP contribution is -2.47. The predicted octanol–water partition coefficient (Wildman–Crippen LogP) is 2.99. The highest BCUT2D eigenvalue weighted by atomic mass is 32.2. The summed E-state index contributed by atoms with van der Waals surface area (Å²) in [4.78, 5) is 33.3. The van der Waals surface area contributed by atoms with Gasteiger partial charge in [-0.3, -0.25) is 14.2 Å². The molecule has 3 aromatic rings. The number of nitrogens with zero attached hydrogens (tertiary/aromatic N) is 3. The first-order valence-electron chi connectivity index (χ1n) is 10.3. The van der Waals surface area contributed by atoms with E-state index in [4.69, 9.17) is 4.98 Å². The average molecular weight is 423 g/mol. The van der Waals surface area contributed by atoms with Crippen LogP contribution < -0.4 is 10.9 Å². The Hall–Kier alpha value is -2.64. The van der Waals surface area contributed by atoms with Crippen LogP contribution in [-0.2, 0) is 11.3 Å². The van der Waals surface area contributed by atoms with Gasteiger partial charge in [0.05, 0.1) is 10.9 Å². The molecule has 1 unspecified atom stereocenters. The van der Waals surface area contributed by atoms with E-state index in [0.29, 0.717) is 35.7 Å². The molecule has 0 saturated carbocycles. The first-order valence-corrected chi connectivity index (χ1v) is 11.2. The van der Waals surface area contributed by atoms with E-state index in [1.807, 2.05) is 67.3 Å². The minimum absolute atomic E-state index is 0.0601. The molecule has 0 spiro atoms. The maximum absolute atomic E-state index is 13.5. The average Bonchev–Trinajstić information content (AvgIpc) is 2.79. The Morgan fingerprint density at radius 1 is 1.17 bits per heavy atom. The van der Waals surface area contributed by atoms with Gasteiger partial charge in [0.2, 0.25) is 5.91 Å². The van der Waals surface area contributed by atoms with E-state index in [-0.39, 0.29) is 11.5 Å². The normalized spacial score (nSPS) is 15.3. The van der Waals surface area contributed by atoms with E-state index < -0.39 is 5.25 Å². The Morgan fingerprint density at radius 2 is 1.90 bits per heavy atom. The lowest BCUT2D eigenvalue weighted by atomic mass is 10.1. The molecule has 1 N–H and O–H groups in total. The zero-order valence-corrected chi connectivity index (χ0v) is 18.1. The molecule has 1 aromatic heterocycles. The number of nitrogens with one attached hydrogen (secondary N) is 1. The highest BCUT2D eigenvalue weighted by molar-refractivity contribution is 8.00. The van der Waals surface area contributed by atoms with Crippen molar-refractivity contribution in [3.63, 3.8) is 0 Å². The van der Waals surface area contributed by atoms with Crippen LogP contribution in [0.5, 0.6) is 0 Å². The summed E-state index contributed by atoms with van der Waals surface area (Å²) >= 11 is 1.37. The van der Waals surface area contributed by atoms with E-state index in [1.54, 1.807) is 4.57 Å². The molecule has 1 aliphatic heterocycles. The second-order valence-electron chi connectivity index (χ2n) is 7.45. The second kappa shape index (κ2) is 9.02. The second-order valence-corrected chi connectivity index (χ2v) is 8.52. The smallest absolute Gasteiger partial charge is 0.262 e. The summed E-state index contributed by atoms with van der Waals surface area (Å²) < 4.78 is 1.67. The van der Waals surface area contributed by atoms with Crippen LogP contribution in [0, 0.1) is 6.92 Å². The van der Waals surface area contributed by atoms with E-state index in [9.17, 15) is 9.59 Å². The largest absolute Gasteiger partial charge is 0.339 e. The Balaban J connectivity index is 1.77. The summed E-state index contributed by atoms with van der Waals surface area (Å²) in [6, 6.07) is 15.5. The maximum Gasteiger partial charge on any atom is 0.262 e. The predicted molar refractivity (Wildman–Crippen MR) is 121 cm³/mol. The Morgan fingerprint density at radius 3 is 2.60 bits per heavy atom. The fourth-order valence-electron chi connectivity index (χ4n) is 3.73. The zero-order valence-electron chi connectivity index (χ0n) is 17.3. The summed E-state index contributed by atoms with van der Waals surface area (Å²) in [5.74, 6) is 0.0635. The van der Waals surface area contributed by atoms with Crippen molar-refractivity contribution in [2.45, 2.75) is 30.8 Å². The van der Waals surface area contributed by atoms with Gasteiger partial charge in [-0.2, -0.15) is 0 Å². The van der Waals surface area contributed by atoms with Crippen molar-refractivity contribution in [2.75, 3.05) is 26.2 Å². The molecule has 2 aromatic carbocycles. The lowest BCUT2D eigenvalue weighted by Gasteiger charge is -2.31. The van der Waals surface area contributed by atoms with Crippen molar-refractivity contribution in [1.82, 2.24) is 19.8 Å². The topological polar surface area (TPSA) is 67.2 Å². The summed E-state index contributed by atoms with van der Waals surface area (Å²) in [6.07, 6.45) is 0. The number of piperazine rings is 1. The summed E-state index contributed by atoms with van der Waals surface area (Å²) in [5.41, 5.74) is 2.56. The number of carbonyl (C=O) groups is 1. The molecule has 7 heteroatoms. The molecule has 30 heavy (non-hydrogen) atoms. The number of hydrogen-bond acceptors (Lipinski definition) is 5. The monoisotopic (exact) mass is 422 g/mol. The molecule has 0 radical (unpaired) electrons. The molecule has 4 rings (SSSR count). The zero-order chi connectivity index (χ0) is 21.1. The number of aryl methyl sites for hydroxylation is 1. The first kappa shape index (κ1) is 20.6. The van der Waals surface area contributed by atoms with Crippen molar-refractivity contribution in [3.8, 4) is 0 Å². The molecule has 0 aliphatic carbocycles. The number of amides is 1. The molecule has 2 heterocycles. The van der Waals surface area contributed by atoms with Crippen LogP contribution in [-0.4, -0.2) is 46.5 Å². The van der Waals surface area contributed by atoms with E-state index in [0.717, 1.165) is 24.2 Å². The maximum atomic E-state index is 13.5. The van der Waals surface area contributed by atoms with Crippen molar-refractivity contribution in [3.05, 3.63) is 70.0 Å². The molecular weight excluding hydrogens is 396 g/mol. The summed E-state index contributed by atoms with van der Waals surface area (Å²) in [5, 5.41) is 4.04. The van der Waals surface area contributed by atoms with Gasteiger partial charge in [-0.25, -0.2) is 4.98 Å². The third kappa shape index (κ3) is 4.13. The van der Waals surface area contributed by atoms with Gasteiger partial charge in [0.25, 0.3) is 5.56 Å². The molecule has 6 nitrogen and oxygen atoms in total. The number of hydrogen-bond donors (Lipinski definition) is 1. The Kier molecular flexibility index (Phi) is 6.20. The van der Waals surface area contributed by atoms with Gasteiger partial charge in [0, 0.05) is 32.7 Å². The number of thioether (sulfide) groups is 1. The number of carbonyl (C=O) groups excluding carboxylic acids is 1. The van der Waals surface area contributed by atoms with Crippen LogP contribution >= 0.6 is 11.8 Å². The van der Waals surface area contributed by atoms with E-state index in [2.05, 4.69) is 5.32 Å². The third-order valence-electron chi connectivity index (χ3n) is 5.37. The summed E-state index contributed by atoms with van der Waals surface area (Å²) in [6.45, 7) is 7.37. The lowest BCUT2D eigenvalue weighted by molar-refractivity contribution is -0.131. The van der Waals surface area contributed by atoms with Crippen molar-refractivity contribution in [1.29, 1.82) is 0 Å². The molecule has 0 bridgehead atoms. The quantitative estimate of drug-likeness (QED) is 0.506. The number of rotatable bonds is 5. The Bertz CT molecular complexity index is 1110. The standard InChI is InChI=1S/C23H26N4O2S/c1-3-27-21(28)18-15-16(2)9-10-19(18)25-23(27)30-20(17-7-5-4-6-8-17)22(29)26-13-11-24-12-14-26/h4-10,15,20,24H,3,11-14H2,1-2H3. The highest BCUT2D eigenvalue weighted by Gasteiger charge is 2.29. The minimum atomic E-state index is -0.447. The highest BCUT2D eigenvalue weighted by Crippen LogP contribution is 2.36. The van der Waals surface area contributed by atoms with E-state index >= 15 is 0 Å². The van der Waals surface area contributed by atoms with Crippen LogP contribution in [0.2, 0.25) is 0 Å². The molecule has 1 amide bonds. The van der Waals surface area contributed by atoms with Crippen LogP contribution in [0.15, 0.2) is 58.5 Å². The van der Waals surface area contributed by atoms with Crippen LogP contribution in [0.1, 0.15) is 23.3 Å². The molecule has 156 valence electrons. The van der Waals surface area contributed by atoms with E-state index in [1.165, 1.54) is 11.8 Å². The van der Waals surface area contributed by atoms with Crippen LogP contribution in [0.25, 0.3) is 10.9 Å². The molecule has 1 atom stereocenters. The van der Waals surface area contributed by atoms with Gasteiger partial charge in [-0.05, 0) is 31.5 Å². The number of fused-ring (bicyclic) bond motifs is 1. The van der Waals surface area contributed by atoms with Crippen LogP contribution in [0.3, 0.4) is 0 Å². The number of aromatic nitrogens is 2. The van der Waals surface area contributed by atoms with Gasteiger partial charge < -0.3 is 10.2 Å². The third-order valence-corrected chi connectivity index (χ3v) is 6.60. The van der Waals surface area contributed by atoms with Gasteiger partial charge in [-0.1, -0.05) is 53.7 Å². The Labute approximate surface area is 180 Å². The molecule has 1 saturated heterocycles. The first-order chi connectivity index (χ1) is 14.6. The van der Waals surface area contributed by atoms with Gasteiger partial charge in [-0.15, -0.1) is 0 Å². The minimum Gasteiger partial charge on any atom is -0.339 e. The van der Waals surface area contributed by atoms with Gasteiger partial charge in [0.15, 0.2) is 5.16 Å². The fourth-order valence-corrected chi connectivity index (χ4v) is 4.97. The van der Waals surface area contributed by atoms with Crippen molar-refractivity contribution < 1.29 is 4.79 Å². The fraction of sp³-hybridized carbons (Fsp3) is 0.348. The SMILES string of the molecule is CCn1c(SC(C(=O)N2CCNCC2)c2ccccc2)nc2ccc(C)cc2c1=O. The van der Waals surface area contributed by atoms with Crippen molar-refractivity contribution >= 4 is 28.6 Å². The molecular formula is C23H26N4O2S. The summed E-state index contributed by atoms with van der Waals surface area (Å²) in [7, 11) is 0.